The van der Waals surface area contributed by atoms with Crippen molar-refractivity contribution >= 4 is 33.4 Å². The smallest absolute Gasteiger partial charge is 0.336 e. The van der Waals surface area contributed by atoms with Crippen molar-refractivity contribution in [1.29, 1.82) is 0 Å². The minimum Gasteiger partial charge on any atom is -0.478 e. The molecule has 0 amide bonds. The lowest BCUT2D eigenvalue weighted by molar-refractivity contribution is -0.245. The molecular formula is C31H29NO7S2. The third-order valence-electron chi connectivity index (χ3n) is 6.65. The summed E-state index contributed by atoms with van der Waals surface area (Å²) in [7, 11) is -3.73. The van der Waals surface area contributed by atoms with Crippen molar-refractivity contribution in [2.24, 2.45) is 0 Å². The number of aromatic carboxylic acids is 1. The maximum Gasteiger partial charge on any atom is 0.336 e. The topological polar surface area (TPSA) is 122 Å². The van der Waals surface area contributed by atoms with Gasteiger partial charge in [-0.05, 0) is 47.5 Å². The number of carboxylic acids is 1. The van der Waals surface area contributed by atoms with Gasteiger partial charge in [0.1, 0.15) is 0 Å². The largest absolute Gasteiger partial charge is 0.478 e. The van der Waals surface area contributed by atoms with Crippen LogP contribution >= 0.6 is 11.8 Å². The maximum absolute atomic E-state index is 12.7. The van der Waals surface area contributed by atoms with E-state index in [1.807, 2.05) is 30.3 Å². The fourth-order valence-corrected chi connectivity index (χ4v) is 6.64. The molecule has 10 heteroatoms. The van der Waals surface area contributed by atoms with Crippen molar-refractivity contribution in [3.63, 3.8) is 0 Å². The van der Waals surface area contributed by atoms with Crippen molar-refractivity contribution in [3.8, 4) is 0 Å². The molecule has 8 nitrogen and oxygen atoms in total. The zero-order valence-corrected chi connectivity index (χ0v) is 23.6. The molecule has 41 heavy (non-hydrogen) atoms. The molecule has 4 aromatic rings. The van der Waals surface area contributed by atoms with E-state index < -0.39 is 22.3 Å². The van der Waals surface area contributed by atoms with Crippen LogP contribution in [-0.4, -0.2) is 36.5 Å². The predicted octanol–water partition coefficient (Wildman–Crippen LogP) is 6.02. The molecule has 3 unspecified atom stereocenters. The summed E-state index contributed by atoms with van der Waals surface area (Å²) in [6.45, 7) is -0.0554. The Bertz CT molecular complexity index is 1580. The molecule has 212 valence electrons. The lowest BCUT2D eigenvalue weighted by atomic mass is 10.0. The molecule has 1 aliphatic rings. The third kappa shape index (κ3) is 7.16. The summed E-state index contributed by atoms with van der Waals surface area (Å²) in [5.41, 5.74) is 3.09. The van der Waals surface area contributed by atoms with Crippen LogP contribution in [0.5, 0.6) is 0 Å². The van der Waals surface area contributed by atoms with E-state index in [0.717, 1.165) is 11.1 Å². The summed E-state index contributed by atoms with van der Waals surface area (Å²) in [5.74, 6) is -0.478. The second kappa shape index (κ2) is 12.9. The molecule has 0 radical (unpaired) electrons. The summed E-state index contributed by atoms with van der Waals surface area (Å²) in [5, 5.41) is 19.0. The van der Waals surface area contributed by atoms with Crippen molar-refractivity contribution in [2.75, 3.05) is 10.5 Å². The van der Waals surface area contributed by atoms with Crippen LogP contribution in [0.3, 0.4) is 0 Å². The van der Waals surface area contributed by atoms with Gasteiger partial charge in [-0.2, -0.15) is 0 Å². The number of hydrogen-bond donors (Lipinski definition) is 3. The fraction of sp³-hybridized carbons (Fsp3) is 0.194. The number of hydrogen-bond acceptors (Lipinski definition) is 7. The van der Waals surface area contributed by atoms with Gasteiger partial charge in [0.05, 0.1) is 29.3 Å². The highest BCUT2D eigenvalue weighted by Gasteiger charge is 2.32. The number of aliphatic hydroxyl groups excluding tert-OH is 1. The van der Waals surface area contributed by atoms with Gasteiger partial charge in [-0.3, -0.25) is 4.72 Å². The van der Waals surface area contributed by atoms with Gasteiger partial charge < -0.3 is 19.7 Å². The molecule has 1 fully saturated rings. The summed E-state index contributed by atoms with van der Waals surface area (Å²) < 4.78 is 40.7. The SMILES string of the molecule is O=C(O)c1ccccc1SCC1CC(c2ccc(CO)cc2)OC(c2ccc(NS(=O)(=O)c3ccccc3)cc2)O1. The molecule has 0 saturated carbocycles. The highest BCUT2D eigenvalue weighted by molar-refractivity contribution is 7.99. The normalized spacial score (nSPS) is 19.0. The molecule has 0 bridgehead atoms. The second-order valence-corrected chi connectivity index (χ2v) is 12.2. The number of carbonyl (C=O) groups is 1. The summed E-state index contributed by atoms with van der Waals surface area (Å²) >= 11 is 1.42. The Morgan fingerprint density at radius 1 is 0.854 bits per heavy atom. The third-order valence-corrected chi connectivity index (χ3v) is 9.25. The number of anilines is 1. The number of rotatable bonds is 10. The van der Waals surface area contributed by atoms with Crippen LogP contribution in [0.15, 0.2) is 113 Å². The van der Waals surface area contributed by atoms with Crippen LogP contribution in [0.2, 0.25) is 0 Å². The average molecular weight is 592 g/mol. The first-order valence-electron chi connectivity index (χ1n) is 13.0. The standard InChI is InChI=1S/C31H29NO7S2/c33-19-21-10-12-22(13-11-21)28-18-25(20-40-29-9-5-4-8-27(29)30(34)35)38-31(39-28)23-14-16-24(17-15-23)32-41(36,37)26-6-2-1-3-7-26/h1-17,25,28,31-33H,18-20H2,(H,34,35). The highest BCUT2D eigenvalue weighted by Crippen LogP contribution is 2.40. The Kier molecular flexibility index (Phi) is 9.06. The zero-order chi connectivity index (χ0) is 28.8. The van der Waals surface area contributed by atoms with Gasteiger partial charge in [0.15, 0.2) is 6.29 Å². The van der Waals surface area contributed by atoms with Gasteiger partial charge in [0, 0.05) is 28.3 Å². The van der Waals surface area contributed by atoms with E-state index in [4.69, 9.17) is 9.47 Å². The first-order chi connectivity index (χ1) is 19.8. The van der Waals surface area contributed by atoms with Crippen LogP contribution < -0.4 is 4.72 Å². The van der Waals surface area contributed by atoms with Gasteiger partial charge in [-0.25, -0.2) is 13.2 Å². The predicted molar refractivity (Wildman–Crippen MR) is 156 cm³/mol. The van der Waals surface area contributed by atoms with E-state index in [-0.39, 0.29) is 29.3 Å². The van der Waals surface area contributed by atoms with Crippen LogP contribution in [0.25, 0.3) is 0 Å². The summed E-state index contributed by atoms with van der Waals surface area (Å²) in [4.78, 5) is 12.5. The second-order valence-electron chi connectivity index (χ2n) is 9.50. The van der Waals surface area contributed by atoms with Gasteiger partial charge in [0.25, 0.3) is 10.0 Å². The highest BCUT2D eigenvalue weighted by atomic mass is 32.2. The van der Waals surface area contributed by atoms with Crippen molar-refractivity contribution in [1.82, 2.24) is 0 Å². The van der Waals surface area contributed by atoms with Crippen molar-refractivity contribution < 1.29 is 32.9 Å². The molecule has 1 aliphatic heterocycles. The van der Waals surface area contributed by atoms with E-state index in [1.165, 1.54) is 23.9 Å². The molecule has 0 aliphatic carbocycles. The van der Waals surface area contributed by atoms with Crippen molar-refractivity contribution in [3.05, 3.63) is 125 Å². The molecule has 3 N–H and O–H groups in total. The van der Waals surface area contributed by atoms with E-state index in [0.29, 0.717) is 28.3 Å². The van der Waals surface area contributed by atoms with E-state index in [1.54, 1.807) is 60.7 Å². The van der Waals surface area contributed by atoms with Gasteiger partial charge in [-0.15, -0.1) is 11.8 Å². The minimum absolute atomic E-state index is 0.0554. The number of benzene rings is 4. The van der Waals surface area contributed by atoms with Crippen LogP contribution in [0, 0.1) is 0 Å². The molecule has 3 atom stereocenters. The van der Waals surface area contributed by atoms with Crippen LogP contribution in [-0.2, 0) is 26.1 Å². The van der Waals surface area contributed by atoms with Gasteiger partial charge >= 0.3 is 5.97 Å². The Balaban J connectivity index is 1.35. The Hall–Kier alpha value is -3.67. The summed E-state index contributed by atoms with van der Waals surface area (Å²) in [6.07, 6.45) is -0.754. The van der Waals surface area contributed by atoms with E-state index in [2.05, 4.69) is 4.72 Å². The number of sulfonamides is 1. The molecule has 0 aromatic heterocycles. The Labute approximate surface area is 243 Å². The van der Waals surface area contributed by atoms with Gasteiger partial charge in [0.2, 0.25) is 0 Å². The number of ether oxygens (including phenoxy) is 2. The summed E-state index contributed by atoms with van der Waals surface area (Å²) in [6, 6.07) is 29.4. The quantitative estimate of drug-likeness (QED) is 0.192. The molecular weight excluding hydrogens is 562 g/mol. The lowest BCUT2D eigenvalue weighted by Gasteiger charge is -2.36. The van der Waals surface area contributed by atoms with Gasteiger partial charge in [-0.1, -0.05) is 66.7 Å². The first kappa shape index (κ1) is 28.8. The average Bonchev–Trinajstić information content (AvgIpc) is 3.00. The Morgan fingerprint density at radius 2 is 1.51 bits per heavy atom. The zero-order valence-electron chi connectivity index (χ0n) is 21.9. The molecule has 5 rings (SSSR count). The molecule has 0 spiro atoms. The fourth-order valence-electron chi connectivity index (χ4n) is 4.50. The molecule has 4 aromatic carbocycles. The number of thioether (sulfide) groups is 1. The molecule has 1 saturated heterocycles. The first-order valence-corrected chi connectivity index (χ1v) is 15.4. The monoisotopic (exact) mass is 591 g/mol. The lowest BCUT2D eigenvalue weighted by Crippen LogP contribution is -2.31. The van der Waals surface area contributed by atoms with Crippen LogP contribution in [0.4, 0.5) is 5.69 Å². The van der Waals surface area contributed by atoms with E-state index >= 15 is 0 Å². The van der Waals surface area contributed by atoms with E-state index in [9.17, 15) is 23.4 Å². The van der Waals surface area contributed by atoms with Crippen molar-refractivity contribution in [2.45, 2.75) is 41.3 Å². The Morgan fingerprint density at radius 3 is 2.20 bits per heavy atom. The number of aliphatic hydroxyl groups is 1. The minimum atomic E-state index is -3.73. The van der Waals surface area contributed by atoms with Crippen LogP contribution in [0.1, 0.15) is 45.9 Å². The molecule has 1 heterocycles. The maximum atomic E-state index is 12.7. The number of carboxylic acid groups (broad SMARTS) is 1. The number of nitrogens with one attached hydrogen (secondary N) is 1.